The van der Waals surface area contributed by atoms with E-state index in [4.69, 9.17) is 5.11 Å². The van der Waals surface area contributed by atoms with E-state index in [9.17, 15) is 9.59 Å². The van der Waals surface area contributed by atoms with Crippen LogP contribution in [0.5, 0.6) is 0 Å². The van der Waals surface area contributed by atoms with Gasteiger partial charge < -0.3 is 10.1 Å². The molecular weight excluding hydrogens is 300 g/mol. The summed E-state index contributed by atoms with van der Waals surface area (Å²) in [5.74, 6) is -0.411. The lowest BCUT2D eigenvalue weighted by atomic mass is 9.92. The molecule has 1 heterocycles. The van der Waals surface area contributed by atoms with E-state index >= 15 is 0 Å². The Morgan fingerprint density at radius 3 is 2.68 bits per heavy atom. The maximum Gasteiger partial charge on any atom is 0.335 e. The minimum Gasteiger partial charge on any atom is -0.478 e. The Kier molecular flexibility index (Phi) is 4.71. The zero-order valence-corrected chi connectivity index (χ0v) is 13.5. The molecule has 2 rings (SSSR count). The summed E-state index contributed by atoms with van der Waals surface area (Å²) in [6.07, 6.45) is 0. The predicted molar refractivity (Wildman–Crippen MR) is 86.5 cm³/mol. The normalized spacial score (nSPS) is 11.4. The Morgan fingerprint density at radius 1 is 1.32 bits per heavy atom. The van der Waals surface area contributed by atoms with Crippen molar-refractivity contribution in [2.24, 2.45) is 0 Å². The van der Waals surface area contributed by atoms with Crippen molar-refractivity contribution in [3.63, 3.8) is 0 Å². The van der Waals surface area contributed by atoms with Gasteiger partial charge in [0.2, 0.25) is 0 Å². The van der Waals surface area contributed by atoms with Gasteiger partial charge in [0, 0.05) is 17.2 Å². The van der Waals surface area contributed by atoms with Crippen molar-refractivity contribution in [3.05, 3.63) is 57.5 Å². The number of carbonyl (C=O) groups is 1. The van der Waals surface area contributed by atoms with Gasteiger partial charge in [0.15, 0.2) is 5.16 Å². The van der Waals surface area contributed by atoms with E-state index in [1.54, 1.807) is 18.2 Å². The van der Waals surface area contributed by atoms with Crippen LogP contribution >= 0.6 is 11.8 Å². The fourth-order valence-electron chi connectivity index (χ4n) is 1.83. The van der Waals surface area contributed by atoms with Crippen LogP contribution in [0.15, 0.2) is 40.3 Å². The summed E-state index contributed by atoms with van der Waals surface area (Å²) in [6, 6.07) is 8.25. The number of rotatable bonds is 4. The molecule has 116 valence electrons. The van der Waals surface area contributed by atoms with E-state index in [0.29, 0.717) is 10.9 Å². The summed E-state index contributed by atoms with van der Waals surface area (Å²) in [6.45, 7) is 6.00. The van der Waals surface area contributed by atoms with Crippen LogP contribution in [0.3, 0.4) is 0 Å². The van der Waals surface area contributed by atoms with Crippen LogP contribution in [0.2, 0.25) is 0 Å². The van der Waals surface area contributed by atoms with Crippen LogP contribution < -0.4 is 5.56 Å². The third-order valence-electron chi connectivity index (χ3n) is 3.04. The molecular formula is C16H18N2O3S. The van der Waals surface area contributed by atoms with Gasteiger partial charge in [0.25, 0.3) is 5.56 Å². The average Bonchev–Trinajstić information content (AvgIpc) is 2.44. The van der Waals surface area contributed by atoms with Gasteiger partial charge in [-0.1, -0.05) is 44.7 Å². The SMILES string of the molecule is CC(C)(C)c1cc(=O)[nH]c(SCc2cccc(C(=O)O)c2)n1. The van der Waals surface area contributed by atoms with Crippen LogP contribution in [-0.4, -0.2) is 21.0 Å². The summed E-state index contributed by atoms with van der Waals surface area (Å²) in [5, 5.41) is 9.53. The lowest BCUT2D eigenvalue weighted by Gasteiger charge is -2.17. The van der Waals surface area contributed by atoms with Gasteiger partial charge in [-0.15, -0.1) is 0 Å². The molecule has 5 nitrogen and oxygen atoms in total. The molecule has 1 aromatic carbocycles. The van der Waals surface area contributed by atoms with Crippen LogP contribution in [0.4, 0.5) is 0 Å². The zero-order valence-electron chi connectivity index (χ0n) is 12.7. The van der Waals surface area contributed by atoms with Gasteiger partial charge >= 0.3 is 5.97 Å². The third kappa shape index (κ3) is 4.21. The van der Waals surface area contributed by atoms with Gasteiger partial charge in [-0.25, -0.2) is 9.78 Å². The van der Waals surface area contributed by atoms with Crippen molar-refractivity contribution in [3.8, 4) is 0 Å². The fraction of sp³-hybridized carbons (Fsp3) is 0.312. The average molecular weight is 318 g/mol. The highest BCUT2D eigenvalue weighted by atomic mass is 32.2. The van der Waals surface area contributed by atoms with E-state index in [1.165, 1.54) is 17.8 Å². The Balaban J connectivity index is 2.18. The number of thioether (sulfide) groups is 1. The molecule has 0 spiro atoms. The Morgan fingerprint density at radius 2 is 2.05 bits per heavy atom. The minimum absolute atomic E-state index is 0.179. The first kappa shape index (κ1) is 16.3. The number of aromatic amines is 1. The first-order chi connectivity index (χ1) is 10.3. The number of carboxylic acids is 1. The number of H-pyrrole nitrogens is 1. The second-order valence-corrected chi connectivity index (χ2v) is 6.94. The van der Waals surface area contributed by atoms with Gasteiger partial charge in [-0.2, -0.15) is 0 Å². The summed E-state index contributed by atoms with van der Waals surface area (Å²) in [4.78, 5) is 29.9. The zero-order chi connectivity index (χ0) is 16.3. The molecule has 0 aliphatic carbocycles. The lowest BCUT2D eigenvalue weighted by Crippen LogP contribution is -2.19. The minimum atomic E-state index is -0.951. The molecule has 2 N–H and O–H groups in total. The van der Waals surface area contributed by atoms with Crippen LogP contribution in [0, 0.1) is 0 Å². The fourth-order valence-corrected chi connectivity index (χ4v) is 2.65. The maximum atomic E-state index is 11.7. The van der Waals surface area contributed by atoms with E-state index in [1.807, 2.05) is 26.8 Å². The first-order valence-corrected chi connectivity index (χ1v) is 7.81. The first-order valence-electron chi connectivity index (χ1n) is 6.82. The molecule has 0 radical (unpaired) electrons. The summed E-state index contributed by atoms with van der Waals surface area (Å²) >= 11 is 1.38. The highest BCUT2D eigenvalue weighted by Crippen LogP contribution is 2.23. The molecule has 0 saturated carbocycles. The number of nitrogens with one attached hydrogen (secondary N) is 1. The molecule has 0 saturated heterocycles. The molecule has 0 aliphatic heterocycles. The standard InChI is InChI=1S/C16H18N2O3S/c1-16(2,3)12-8-13(19)18-15(17-12)22-9-10-5-4-6-11(7-10)14(20)21/h4-8H,9H2,1-3H3,(H,20,21)(H,17,18,19). The molecule has 0 atom stereocenters. The molecule has 0 fully saturated rings. The van der Waals surface area contributed by atoms with Crippen LogP contribution in [0.1, 0.15) is 42.4 Å². The van der Waals surface area contributed by atoms with E-state index in [0.717, 1.165) is 11.3 Å². The number of nitrogens with zero attached hydrogens (tertiary/aromatic N) is 1. The molecule has 0 amide bonds. The van der Waals surface area contributed by atoms with Crippen molar-refractivity contribution < 1.29 is 9.90 Å². The number of aromatic carboxylic acids is 1. The lowest BCUT2D eigenvalue weighted by molar-refractivity contribution is 0.0697. The molecule has 22 heavy (non-hydrogen) atoms. The quantitative estimate of drug-likeness (QED) is 0.668. The molecule has 2 aromatic rings. The molecule has 0 unspecified atom stereocenters. The van der Waals surface area contributed by atoms with Gasteiger partial charge in [0.1, 0.15) is 0 Å². The third-order valence-corrected chi connectivity index (χ3v) is 3.98. The Hall–Kier alpha value is -2.08. The molecule has 1 aromatic heterocycles. The highest BCUT2D eigenvalue weighted by molar-refractivity contribution is 7.98. The molecule has 0 bridgehead atoms. The maximum absolute atomic E-state index is 11.7. The summed E-state index contributed by atoms with van der Waals surface area (Å²) in [5.41, 5.74) is 1.48. The van der Waals surface area contributed by atoms with E-state index in [2.05, 4.69) is 9.97 Å². The van der Waals surface area contributed by atoms with Gasteiger partial charge in [-0.3, -0.25) is 4.79 Å². The highest BCUT2D eigenvalue weighted by Gasteiger charge is 2.17. The van der Waals surface area contributed by atoms with Crippen molar-refractivity contribution in [2.45, 2.75) is 37.1 Å². The molecule has 0 aliphatic rings. The number of hydrogen-bond donors (Lipinski definition) is 2. The number of benzene rings is 1. The molecule has 6 heteroatoms. The number of aromatic nitrogens is 2. The topological polar surface area (TPSA) is 83.0 Å². The van der Waals surface area contributed by atoms with Crippen molar-refractivity contribution in [1.29, 1.82) is 0 Å². The van der Waals surface area contributed by atoms with Crippen molar-refractivity contribution in [1.82, 2.24) is 9.97 Å². The van der Waals surface area contributed by atoms with Crippen LogP contribution in [0.25, 0.3) is 0 Å². The summed E-state index contributed by atoms with van der Waals surface area (Å²) < 4.78 is 0. The second kappa shape index (κ2) is 6.36. The smallest absolute Gasteiger partial charge is 0.335 e. The Bertz CT molecular complexity index is 748. The monoisotopic (exact) mass is 318 g/mol. The van der Waals surface area contributed by atoms with E-state index < -0.39 is 5.97 Å². The Labute approximate surface area is 132 Å². The van der Waals surface area contributed by atoms with Crippen molar-refractivity contribution >= 4 is 17.7 Å². The number of carboxylic acid groups (broad SMARTS) is 1. The second-order valence-electron chi connectivity index (χ2n) is 5.98. The van der Waals surface area contributed by atoms with Gasteiger partial charge in [0.05, 0.1) is 11.3 Å². The summed E-state index contributed by atoms with van der Waals surface area (Å²) in [7, 11) is 0. The van der Waals surface area contributed by atoms with Crippen LogP contribution in [-0.2, 0) is 11.2 Å². The largest absolute Gasteiger partial charge is 0.478 e. The van der Waals surface area contributed by atoms with Crippen molar-refractivity contribution in [2.75, 3.05) is 0 Å². The number of hydrogen-bond acceptors (Lipinski definition) is 4. The van der Waals surface area contributed by atoms with Gasteiger partial charge in [-0.05, 0) is 17.7 Å². The van der Waals surface area contributed by atoms with E-state index in [-0.39, 0.29) is 16.5 Å². The predicted octanol–water partition coefficient (Wildman–Crippen LogP) is 3.06.